The van der Waals surface area contributed by atoms with Gasteiger partial charge in [0.05, 0.1) is 27.6 Å². The van der Waals surface area contributed by atoms with Crippen molar-refractivity contribution in [2.45, 2.75) is 20.4 Å². The number of carbonyl (C=O) groups is 1. The second kappa shape index (κ2) is 8.19. The van der Waals surface area contributed by atoms with Gasteiger partial charge in [-0.15, -0.1) is 11.3 Å². The molecule has 3 aromatic heterocycles. The van der Waals surface area contributed by atoms with Crippen LogP contribution in [-0.2, 0) is 11.3 Å². The number of rotatable bonds is 6. The molecule has 1 aromatic carbocycles. The van der Waals surface area contributed by atoms with Crippen LogP contribution in [0.1, 0.15) is 10.7 Å². The summed E-state index contributed by atoms with van der Waals surface area (Å²) in [5.41, 5.74) is 3.35. The molecule has 0 atom stereocenters. The lowest BCUT2D eigenvalue weighted by Crippen LogP contribution is -2.17. The number of imidazole rings is 1. The topological polar surface area (TPSA) is 97.6 Å². The highest BCUT2D eigenvalue weighted by Gasteiger charge is 2.10. The predicted molar refractivity (Wildman–Crippen MR) is 113 cm³/mol. The summed E-state index contributed by atoms with van der Waals surface area (Å²) in [5.74, 6) is 0.389. The van der Waals surface area contributed by atoms with Crippen molar-refractivity contribution in [3.63, 3.8) is 0 Å². The average molecular weight is 405 g/mol. The Bertz CT molecular complexity index is 1120. The zero-order valence-corrected chi connectivity index (χ0v) is 16.8. The van der Waals surface area contributed by atoms with E-state index in [1.54, 1.807) is 40.8 Å². The first-order valence-electron chi connectivity index (χ1n) is 8.97. The van der Waals surface area contributed by atoms with E-state index in [9.17, 15) is 4.79 Å². The van der Waals surface area contributed by atoms with Crippen molar-refractivity contribution in [1.29, 1.82) is 0 Å². The third-order valence-electron chi connectivity index (χ3n) is 4.10. The first-order chi connectivity index (χ1) is 14.1. The van der Waals surface area contributed by atoms with E-state index in [1.807, 2.05) is 44.2 Å². The second-order valence-corrected chi connectivity index (χ2v) is 7.60. The molecule has 9 heteroatoms. The molecule has 4 aromatic rings. The summed E-state index contributed by atoms with van der Waals surface area (Å²) in [4.78, 5) is 30.4. The molecule has 0 radical (unpaired) electrons. The fourth-order valence-electron chi connectivity index (χ4n) is 2.83. The lowest BCUT2D eigenvalue weighted by Gasteiger charge is -2.09. The molecule has 2 N–H and O–H groups in total. The minimum atomic E-state index is -0.116. The van der Waals surface area contributed by atoms with Crippen molar-refractivity contribution in [2.75, 3.05) is 10.6 Å². The van der Waals surface area contributed by atoms with Gasteiger partial charge in [0.15, 0.2) is 0 Å². The first-order valence-corrected chi connectivity index (χ1v) is 9.78. The summed E-state index contributed by atoms with van der Waals surface area (Å²) in [5, 5.41) is 7.06. The molecule has 0 fully saturated rings. The zero-order valence-electron chi connectivity index (χ0n) is 16.0. The smallest absolute Gasteiger partial charge is 0.244 e. The van der Waals surface area contributed by atoms with E-state index in [0.717, 1.165) is 27.0 Å². The Balaban J connectivity index is 1.42. The summed E-state index contributed by atoms with van der Waals surface area (Å²) in [6, 6.07) is 9.27. The van der Waals surface area contributed by atoms with Gasteiger partial charge in [0.1, 0.15) is 6.54 Å². The van der Waals surface area contributed by atoms with Crippen molar-refractivity contribution in [1.82, 2.24) is 24.5 Å². The quantitative estimate of drug-likeness (QED) is 0.506. The molecule has 0 aliphatic carbocycles. The van der Waals surface area contributed by atoms with E-state index in [1.165, 1.54) is 0 Å². The summed E-state index contributed by atoms with van der Waals surface area (Å²) >= 11 is 1.62. The van der Waals surface area contributed by atoms with Gasteiger partial charge in [0.2, 0.25) is 11.9 Å². The summed E-state index contributed by atoms with van der Waals surface area (Å²) in [6.45, 7) is 4.18. The van der Waals surface area contributed by atoms with Crippen LogP contribution in [0, 0.1) is 13.8 Å². The number of thiazole rings is 1. The Morgan fingerprint density at radius 1 is 1.07 bits per heavy atom. The second-order valence-electron chi connectivity index (χ2n) is 6.40. The number of aryl methyl sites for hydroxylation is 2. The van der Waals surface area contributed by atoms with Crippen molar-refractivity contribution in [2.24, 2.45) is 0 Å². The normalized spacial score (nSPS) is 10.7. The third-order valence-corrected chi connectivity index (χ3v) is 5.20. The zero-order chi connectivity index (χ0) is 20.2. The van der Waals surface area contributed by atoms with Crippen LogP contribution in [0.2, 0.25) is 0 Å². The van der Waals surface area contributed by atoms with Gasteiger partial charge in [-0.1, -0.05) is 0 Å². The fourth-order valence-corrected chi connectivity index (χ4v) is 3.72. The minimum Gasteiger partial charge on any atom is -0.328 e. The molecule has 0 saturated heterocycles. The number of hydrogen-bond donors (Lipinski definition) is 2. The molecule has 0 saturated carbocycles. The molecular weight excluding hydrogens is 386 g/mol. The molecule has 4 rings (SSSR count). The standard InChI is InChI=1S/C20H19N7OS/c1-13-19(29-14(2)23-13)17-7-8-22-20(26-17)25-16-5-3-15(4-6-16)24-18(28)11-27-10-9-21-12-27/h3-10,12H,11H2,1-2H3,(H,24,28)(H,22,25,26). The monoisotopic (exact) mass is 405 g/mol. The highest BCUT2D eigenvalue weighted by molar-refractivity contribution is 7.15. The van der Waals surface area contributed by atoms with Gasteiger partial charge in [-0.25, -0.2) is 19.9 Å². The highest BCUT2D eigenvalue weighted by Crippen LogP contribution is 2.28. The average Bonchev–Trinajstić information content (AvgIpc) is 3.32. The largest absolute Gasteiger partial charge is 0.328 e. The molecule has 0 spiro atoms. The number of nitrogens with one attached hydrogen (secondary N) is 2. The molecule has 3 heterocycles. The number of anilines is 3. The van der Waals surface area contributed by atoms with Gasteiger partial charge in [0.25, 0.3) is 0 Å². The summed E-state index contributed by atoms with van der Waals surface area (Å²) in [6.07, 6.45) is 6.72. The van der Waals surface area contributed by atoms with E-state index >= 15 is 0 Å². The lowest BCUT2D eigenvalue weighted by molar-refractivity contribution is -0.116. The van der Waals surface area contributed by atoms with E-state index in [-0.39, 0.29) is 12.5 Å². The van der Waals surface area contributed by atoms with Gasteiger partial charge < -0.3 is 15.2 Å². The number of nitrogens with zero attached hydrogens (tertiary/aromatic N) is 5. The Morgan fingerprint density at radius 3 is 2.55 bits per heavy atom. The third kappa shape index (κ3) is 4.64. The molecule has 0 aliphatic rings. The van der Waals surface area contributed by atoms with Crippen LogP contribution in [0.15, 0.2) is 55.2 Å². The molecule has 146 valence electrons. The maximum absolute atomic E-state index is 12.1. The van der Waals surface area contributed by atoms with Crippen LogP contribution in [-0.4, -0.2) is 30.4 Å². The van der Waals surface area contributed by atoms with Crippen molar-refractivity contribution in [3.05, 3.63) is 66.0 Å². The van der Waals surface area contributed by atoms with Crippen LogP contribution >= 0.6 is 11.3 Å². The van der Waals surface area contributed by atoms with E-state index in [2.05, 4.69) is 30.6 Å². The van der Waals surface area contributed by atoms with Crippen molar-refractivity contribution < 1.29 is 4.79 Å². The van der Waals surface area contributed by atoms with E-state index < -0.39 is 0 Å². The van der Waals surface area contributed by atoms with Gasteiger partial charge in [-0.3, -0.25) is 4.79 Å². The number of benzene rings is 1. The molecule has 8 nitrogen and oxygen atoms in total. The Morgan fingerprint density at radius 2 is 1.86 bits per heavy atom. The first kappa shape index (κ1) is 18.8. The maximum Gasteiger partial charge on any atom is 0.244 e. The molecule has 0 unspecified atom stereocenters. The van der Waals surface area contributed by atoms with Crippen LogP contribution in [0.5, 0.6) is 0 Å². The van der Waals surface area contributed by atoms with Gasteiger partial charge in [0, 0.05) is 30.0 Å². The Hall–Kier alpha value is -3.59. The summed E-state index contributed by atoms with van der Waals surface area (Å²) in [7, 11) is 0. The predicted octanol–water partition coefficient (Wildman–Crippen LogP) is 3.80. The Kier molecular flexibility index (Phi) is 5.30. The molecule has 0 aliphatic heterocycles. The molecule has 1 amide bonds. The van der Waals surface area contributed by atoms with Crippen LogP contribution in [0.3, 0.4) is 0 Å². The van der Waals surface area contributed by atoms with Crippen molar-refractivity contribution >= 4 is 34.6 Å². The van der Waals surface area contributed by atoms with Crippen LogP contribution in [0.25, 0.3) is 10.6 Å². The number of carbonyl (C=O) groups excluding carboxylic acids is 1. The highest BCUT2D eigenvalue weighted by atomic mass is 32.1. The van der Waals surface area contributed by atoms with E-state index in [4.69, 9.17) is 0 Å². The van der Waals surface area contributed by atoms with Gasteiger partial charge >= 0.3 is 0 Å². The number of hydrogen-bond acceptors (Lipinski definition) is 7. The van der Waals surface area contributed by atoms with Crippen molar-refractivity contribution in [3.8, 4) is 10.6 Å². The van der Waals surface area contributed by atoms with E-state index in [0.29, 0.717) is 11.6 Å². The minimum absolute atomic E-state index is 0.116. The summed E-state index contributed by atoms with van der Waals surface area (Å²) < 4.78 is 1.71. The number of amides is 1. The maximum atomic E-state index is 12.1. The Labute approximate surface area is 171 Å². The lowest BCUT2D eigenvalue weighted by atomic mass is 10.2. The number of aromatic nitrogens is 5. The SMILES string of the molecule is Cc1nc(C)c(-c2ccnc(Nc3ccc(NC(=O)Cn4ccnc4)cc3)n2)s1. The molecular formula is C20H19N7OS. The molecule has 29 heavy (non-hydrogen) atoms. The van der Waals surface area contributed by atoms with Gasteiger partial charge in [-0.2, -0.15) is 0 Å². The molecule has 0 bridgehead atoms. The van der Waals surface area contributed by atoms with Crippen LogP contribution in [0.4, 0.5) is 17.3 Å². The van der Waals surface area contributed by atoms with Gasteiger partial charge in [-0.05, 0) is 44.2 Å². The van der Waals surface area contributed by atoms with Crippen LogP contribution < -0.4 is 10.6 Å². The fraction of sp³-hybridized carbons (Fsp3) is 0.150.